The smallest absolute Gasteiger partial charge is 0.414 e. The van der Waals surface area contributed by atoms with Gasteiger partial charge in [-0.25, -0.2) is 4.79 Å². The second kappa shape index (κ2) is 5.19. The molecule has 4 heteroatoms. The van der Waals surface area contributed by atoms with Crippen LogP contribution < -0.4 is 4.90 Å². The molecule has 1 atom stereocenters. The Bertz CT molecular complexity index is 405. The van der Waals surface area contributed by atoms with Gasteiger partial charge < -0.3 is 9.84 Å². The van der Waals surface area contributed by atoms with Crippen molar-refractivity contribution in [1.29, 1.82) is 0 Å². The Morgan fingerprint density at radius 1 is 1.47 bits per heavy atom. The van der Waals surface area contributed by atoms with Crippen LogP contribution in [-0.2, 0) is 11.2 Å². The fraction of sp³-hybridized carbons (Fsp3) is 0.462. The van der Waals surface area contributed by atoms with Crippen LogP contribution in [0.15, 0.2) is 24.3 Å². The first-order valence-electron chi connectivity index (χ1n) is 5.93. The van der Waals surface area contributed by atoms with Crippen molar-refractivity contribution in [1.82, 2.24) is 0 Å². The van der Waals surface area contributed by atoms with E-state index in [1.807, 2.05) is 24.3 Å². The van der Waals surface area contributed by atoms with Gasteiger partial charge in [-0.2, -0.15) is 0 Å². The first-order chi connectivity index (χ1) is 8.26. The van der Waals surface area contributed by atoms with Crippen molar-refractivity contribution in [2.24, 2.45) is 0 Å². The van der Waals surface area contributed by atoms with Crippen LogP contribution in [0.2, 0.25) is 0 Å². The average molecular weight is 235 g/mol. The van der Waals surface area contributed by atoms with Gasteiger partial charge in [0.15, 0.2) is 0 Å². The number of amides is 1. The summed E-state index contributed by atoms with van der Waals surface area (Å²) < 4.78 is 5.14. The number of nitrogens with zero attached hydrogens (tertiary/aromatic N) is 1. The molecule has 0 aliphatic carbocycles. The van der Waals surface area contributed by atoms with Gasteiger partial charge in [-0.15, -0.1) is 0 Å². The Morgan fingerprint density at radius 2 is 2.24 bits per heavy atom. The summed E-state index contributed by atoms with van der Waals surface area (Å²) in [4.78, 5) is 13.5. The third-order valence-corrected chi connectivity index (χ3v) is 3.03. The maximum atomic E-state index is 11.8. The van der Waals surface area contributed by atoms with Crippen molar-refractivity contribution < 1.29 is 14.6 Å². The molecular formula is C13H17NO3. The molecule has 1 saturated heterocycles. The van der Waals surface area contributed by atoms with Crippen LogP contribution in [-0.4, -0.2) is 30.5 Å². The minimum absolute atomic E-state index is 0.102. The number of cyclic esters (lactones) is 1. The van der Waals surface area contributed by atoms with Crippen molar-refractivity contribution in [2.45, 2.75) is 25.9 Å². The Kier molecular flexibility index (Phi) is 3.64. The highest BCUT2D eigenvalue weighted by Gasteiger charge is 2.28. The molecule has 1 N–H and O–H groups in total. The number of carbonyl (C=O) groups is 1. The summed E-state index contributed by atoms with van der Waals surface area (Å²) in [7, 11) is 0. The van der Waals surface area contributed by atoms with E-state index in [0.29, 0.717) is 13.0 Å². The number of hydrogen-bond donors (Lipinski definition) is 1. The quantitative estimate of drug-likeness (QED) is 0.871. The topological polar surface area (TPSA) is 49.8 Å². The molecule has 1 unspecified atom stereocenters. The molecule has 92 valence electrons. The Morgan fingerprint density at radius 3 is 2.88 bits per heavy atom. The van der Waals surface area contributed by atoms with E-state index in [1.54, 1.807) is 4.90 Å². The second-order valence-electron chi connectivity index (χ2n) is 4.11. The fourth-order valence-electron chi connectivity index (χ4n) is 2.05. The van der Waals surface area contributed by atoms with Crippen LogP contribution in [0.1, 0.15) is 18.9 Å². The molecule has 1 fully saturated rings. The molecule has 1 heterocycles. The highest BCUT2D eigenvalue weighted by Crippen LogP contribution is 2.25. The fourth-order valence-corrected chi connectivity index (χ4v) is 2.05. The van der Waals surface area contributed by atoms with E-state index in [4.69, 9.17) is 9.84 Å². The number of ether oxygens (including phenoxy) is 1. The van der Waals surface area contributed by atoms with E-state index < -0.39 is 0 Å². The predicted molar refractivity (Wildman–Crippen MR) is 65.1 cm³/mol. The Labute approximate surface area is 101 Å². The number of anilines is 1. The lowest BCUT2D eigenvalue weighted by Crippen LogP contribution is -2.43. The number of aryl methyl sites for hydroxylation is 1. The van der Waals surface area contributed by atoms with E-state index in [0.717, 1.165) is 17.7 Å². The molecule has 2 rings (SSSR count). The SMILES string of the molecule is CCc1ccccc1N1CCC(CO)OC1=O. The largest absolute Gasteiger partial charge is 0.443 e. The van der Waals surface area contributed by atoms with Crippen molar-refractivity contribution in [3.63, 3.8) is 0 Å². The van der Waals surface area contributed by atoms with E-state index in [2.05, 4.69) is 6.92 Å². The molecule has 4 nitrogen and oxygen atoms in total. The Hall–Kier alpha value is -1.55. The van der Waals surface area contributed by atoms with Crippen molar-refractivity contribution in [2.75, 3.05) is 18.1 Å². The molecule has 0 aromatic heterocycles. The van der Waals surface area contributed by atoms with E-state index in [9.17, 15) is 4.79 Å². The van der Waals surface area contributed by atoms with Crippen molar-refractivity contribution in [3.8, 4) is 0 Å². The zero-order valence-electron chi connectivity index (χ0n) is 9.93. The lowest BCUT2D eigenvalue weighted by molar-refractivity contribution is 0.0452. The van der Waals surface area contributed by atoms with Crippen LogP contribution >= 0.6 is 0 Å². The van der Waals surface area contributed by atoms with E-state index in [-0.39, 0.29) is 18.8 Å². The van der Waals surface area contributed by atoms with Gasteiger partial charge in [0.2, 0.25) is 0 Å². The monoisotopic (exact) mass is 235 g/mol. The highest BCUT2D eigenvalue weighted by molar-refractivity contribution is 5.89. The average Bonchev–Trinajstić information content (AvgIpc) is 2.38. The molecule has 0 spiro atoms. The summed E-state index contributed by atoms with van der Waals surface area (Å²) in [6.45, 7) is 2.56. The first kappa shape index (κ1) is 11.9. The minimum atomic E-state index is -0.365. The predicted octanol–water partition coefficient (Wildman–Crippen LogP) is 1.96. The first-order valence-corrected chi connectivity index (χ1v) is 5.93. The summed E-state index contributed by atoms with van der Waals surface area (Å²) in [5.41, 5.74) is 2.04. The maximum absolute atomic E-state index is 11.8. The van der Waals surface area contributed by atoms with Gasteiger partial charge in [-0.05, 0) is 18.1 Å². The normalized spacial score (nSPS) is 20.2. The van der Waals surface area contributed by atoms with Crippen LogP contribution in [0, 0.1) is 0 Å². The number of carbonyl (C=O) groups excluding carboxylic acids is 1. The summed E-state index contributed by atoms with van der Waals surface area (Å²) in [5.74, 6) is 0. The number of rotatable bonds is 3. The number of hydrogen-bond acceptors (Lipinski definition) is 3. The number of aliphatic hydroxyl groups is 1. The summed E-state index contributed by atoms with van der Waals surface area (Å²) in [6, 6.07) is 7.83. The summed E-state index contributed by atoms with van der Waals surface area (Å²) in [6.07, 6.45) is 0.827. The van der Waals surface area contributed by atoms with Gasteiger partial charge in [0.1, 0.15) is 6.10 Å². The van der Waals surface area contributed by atoms with Crippen molar-refractivity contribution in [3.05, 3.63) is 29.8 Å². The third kappa shape index (κ3) is 2.42. The van der Waals surface area contributed by atoms with Crippen LogP contribution in [0.5, 0.6) is 0 Å². The second-order valence-corrected chi connectivity index (χ2v) is 4.11. The van der Waals surface area contributed by atoms with Gasteiger partial charge in [0.25, 0.3) is 0 Å². The number of benzene rings is 1. The van der Waals surface area contributed by atoms with Gasteiger partial charge in [-0.1, -0.05) is 25.1 Å². The van der Waals surface area contributed by atoms with Crippen LogP contribution in [0.3, 0.4) is 0 Å². The molecule has 1 aliphatic rings. The van der Waals surface area contributed by atoms with Crippen LogP contribution in [0.25, 0.3) is 0 Å². The molecular weight excluding hydrogens is 218 g/mol. The zero-order valence-corrected chi connectivity index (χ0v) is 9.93. The lowest BCUT2D eigenvalue weighted by Gasteiger charge is -2.32. The summed E-state index contributed by atoms with van der Waals surface area (Å²) >= 11 is 0. The molecule has 1 aromatic rings. The third-order valence-electron chi connectivity index (χ3n) is 3.03. The molecule has 0 saturated carbocycles. The zero-order chi connectivity index (χ0) is 12.3. The highest BCUT2D eigenvalue weighted by atomic mass is 16.6. The lowest BCUT2D eigenvalue weighted by atomic mass is 10.1. The van der Waals surface area contributed by atoms with Gasteiger partial charge in [0, 0.05) is 13.0 Å². The van der Waals surface area contributed by atoms with E-state index in [1.165, 1.54) is 0 Å². The summed E-state index contributed by atoms with van der Waals surface area (Å²) in [5, 5.41) is 8.97. The Balaban J connectivity index is 2.20. The molecule has 1 aromatic carbocycles. The standard InChI is InChI=1S/C13H17NO3/c1-2-10-5-3-4-6-12(10)14-8-7-11(9-15)17-13(14)16/h3-6,11,15H,2,7-9H2,1H3. The van der Waals surface area contributed by atoms with E-state index >= 15 is 0 Å². The molecule has 1 aliphatic heterocycles. The number of aliphatic hydroxyl groups excluding tert-OH is 1. The molecule has 17 heavy (non-hydrogen) atoms. The van der Waals surface area contributed by atoms with Gasteiger partial charge >= 0.3 is 6.09 Å². The van der Waals surface area contributed by atoms with Gasteiger partial charge in [0.05, 0.1) is 12.3 Å². The molecule has 0 bridgehead atoms. The minimum Gasteiger partial charge on any atom is -0.443 e. The molecule has 1 amide bonds. The number of para-hydroxylation sites is 1. The maximum Gasteiger partial charge on any atom is 0.414 e. The molecule has 0 radical (unpaired) electrons. The van der Waals surface area contributed by atoms with Crippen molar-refractivity contribution >= 4 is 11.8 Å². The van der Waals surface area contributed by atoms with Gasteiger partial charge in [-0.3, -0.25) is 4.90 Å². The van der Waals surface area contributed by atoms with Crippen LogP contribution in [0.4, 0.5) is 10.5 Å².